The summed E-state index contributed by atoms with van der Waals surface area (Å²) in [6, 6.07) is -0.144. The van der Waals surface area contributed by atoms with Crippen LogP contribution in [0.1, 0.15) is 33.1 Å². The Labute approximate surface area is 119 Å². The van der Waals surface area contributed by atoms with Crippen molar-refractivity contribution in [2.45, 2.75) is 33.1 Å². The average molecular weight is 290 g/mol. The van der Waals surface area contributed by atoms with Crippen LogP contribution in [0.25, 0.3) is 0 Å². The molecule has 0 aromatic carbocycles. The van der Waals surface area contributed by atoms with Gasteiger partial charge in [-0.2, -0.15) is 11.8 Å². The van der Waals surface area contributed by atoms with E-state index in [2.05, 4.69) is 24.5 Å². The molecular weight excluding hydrogens is 264 g/mol. The number of aliphatic carboxylic acids is 1. The van der Waals surface area contributed by atoms with Gasteiger partial charge in [-0.05, 0) is 30.9 Å². The summed E-state index contributed by atoms with van der Waals surface area (Å²) in [5.74, 6) is 0.914. The Balaban J connectivity index is 3.79. The molecule has 112 valence electrons. The Morgan fingerprint density at radius 1 is 1.16 bits per heavy atom. The van der Waals surface area contributed by atoms with E-state index < -0.39 is 5.97 Å². The molecule has 0 aromatic rings. The van der Waals surface area contributed by atoms with E-state index in [-0.39, 0.29) is 12.5 Å². The van der Waals surface area contributed by atoms with E-state index >= 15 is 0 Å². The van der Waals surface area contributed by atoms with E-state index in [1.807, 2.05) is 6.26 Å². The Morgan fingerprint density at radius 3 is 2.32 bits per heavy atom. The number of carbonyl (C=O) groups is 2. The maximum absolute atomic E-state index is 11.4. The minimum Gasteiger partial charge on any atom is -0.481 e. The van der Waals surface area contributed by atoms with Gasteiger partial charge in [0.25, 0.3) is 0 Å². The van der Waals surface area contributed by atoms with Crippen molar-refractivity contribution in [3.63, 3.8) is 0 Å². The molecule has 0 saturated heterocycles. The van der Waals surface area contributed by atoms with Crippen LogP contribution in [0.2, 0.25) is 0 Å². The Hall–Kier alpha value is -0.910. The Bertz CT molecular complexity index is 273. The first-order chi connectivity index (χ1) is 8.97. The molecule has 0 aliphatic rings. The van der Waals surface area contributed by atoms with Gasteiger partial charge in [-0.3, -0.25) is 4.79 Å². The van der Waals surface area contributed by atoms with Gasteiger partial charge in [-0.15, -0.1) is 0 Å². The lowest BCUT2D eigenvalue weighted by molar-refractivity contribution is -0.137. The van der Waals surface area contributed by atoms with Crippen LogP contribution in [0, 0.1) is 11.8 Å². The van der Waals surface area contributed by atoms with Crippen LogP contribution >= 0.6 is 11.8 Å². The Morgan fingerprint density at radius 2 is 1.79 bits per heavy atom. The van der Waals surface area contributed by atoms with Crippen LogP contribution in [-0.4, -0.2) is 42.2 Å². The maximum Gasteiger partial charge on any atom is 0.314 e. The first-order valence-corrected chi connectivity index (χ1v) is 8.09. The van der Waals surface area contributed by atoms with Gasteiger partial charge >= 0.3 is 12.0 Å². The summed E-state index contributed by atoms with van der Waals surface area (Å²) in [4.78, 5) is 22.0. The summed E-state index contributed by atoms with van der Waals surface area (Å²) in [6.45, 7) is 5.43. The largest absolute Gasteiger partial charge is 0.481 e. The van der Waals surface area contributed by atoms with Gasteiger partial charge < -0.3 is 15.7 Å². The summed E-state index contributed by atoms with van der Waals surface area (Å²) in [5, 5.41) is 14.3. The van der Waals surface area contributed by atoms with Crippen LogP contribution in [0.5, 0.6) is 0 Å². The molecule has 19 heavy (non-hydrogen) atoms. The lowest BCUT2D eigenvalue weighted by Crippen LogP contribution is -2.37. The van der Waals surface area contributed by atoms with Crippen LogP contribution in [0.3, 0.4) is 0 Å². The molecule has 0 aliphatic heterocycles. The summed E-state index contributed by atoms with van der Waals surface area (Å²) in [6.07, 6.45) is 3.68. The van der Waals surface area contributed by atoms with E-state index in [0.717, 1.165) is 12.2 Å². The van der Waals surface area contributed by atoms with Crippen molar-refractivity contribution in [1.29, 1.82) is 0 Å². The van der Waals surface area contributed by atoms with Gasteiger partial charge in [0, 0.05) is 25.3 Å². The number of hydrogen-bond donors (Lipinski definition) is 3. The number of carboxylic acid groups (broad SMARTS) is 1. The van der Waals surface area contributed by atoms with E-state index in [1.165, 1.54) is 0 Å². The van der Waals surface area contributed by atoms with Gasteiger partial charge in [-0.1, -0.05) is 13.8 Å². The molecule has 0 bridgehead atoms. The summed E-state index contributed by atoms with van der Waals surface area (Å²) >= 11 is 1.69. The van der Waals surface area contributed by atoms with E-state index in [4.69, 9.17) is 5.11 Å². The fraction of sp³-hybridized carbons (Fsp3) is 0.846. The fourth-order valence-electron chi connectivity index (χ4n) is 1.82. The third-order valence-electron chi connectivity index (χ3n) is 3.06. The molecule has 3 N–H and O–H groups in total. The second kappa shape index (κ2) is 11.0. The highest BCUT2D eigenvalue weighted by atomic mass is 32.2. The zero-order valence-corrected chi connectivity index (χ0v) is 12.9. The van der Waals surface area contributed by atoms with Crippen LogP contribution in [0.15, 0.2) is 0 Å². The number of nitrogens with one attached hydrogen (secondary N) is 2. The minimum atomic E-state index is -0.756. The molecule has 5 nitrogen and oxygen atoms in total. The van der Waals surface area contributed by atoms with Crippen molar-refractivity contribution in [2.24, 2.45) is 11.8 Å². The van der Waals surface area contributed by atoms with Crippen LogP contribution in [-0.2, 0) is 4.79 Å². The lowest BCUT2D eigenvalue weighted by Gasteiger charge is -2.20. The number of carboxylic acids is 1. The molecule has 0 saturated carbocycles. The molecule has 0 heterocycles. The third kappa shape index (κ3) is 10.7. The second-order valence-corrected chi connectivity index (χ2v) is 5.89. The molecule has 0 fully saturated rings. The average Bonchev–Trinajstić information content (AvgIpc) is 2.33. The zero-order chi connectivity index (χ0) is 14.7. The third-order valence-corrected chi connectivity index (χ3v) is 3.68. The van der Waals surface area contributed by atoms with Crippen molar-refractivity contribution < 1.29 is 14.7 Å². The van der Waals surface area contributed by atoms with Crippen LogP contribution < -0.4 is 10.6 Å². The van der Waals surface area contributed by atoms with Gasteiger partial charge in [0.2, 0.25) is 0 Å². The fourth-order valence-corrected chi connectivity index (χ4v) is 2.13. The second-order valence-electron chi connectivity index (χ2n) is 4.90. The van der Waals surface area contributed by atoms with Crippen LogP contribution in [0.4, 0.5) is 4.79 Å². The van der Waals surface area contributed by atoms with Gasteiger partial charge in [0.1, 0.15) is 0 Å². The molecule has 1 atom stereocenters. The van der Waals surface area contributed by atoms with Crippen molar-refractivity contribution in [2.75, 3.05) is 25.1 Å². The number of thioether (sulfide) groups is 1. The van der Waals surface area contributed by atoms with E-state index in [1.54, 1.807) is 11.8 Å². The predicted molar refractivity (Wildman–Crippen MR) is 79.6 cm³/mol. The van der Waals surface area contributed by atoms with E-state index in [0.29, 0.717) is 31.3 Å². The van der Waals surface area contributed by atoms with Gasteiger partial charge in [0.05, 0.1) is 0 Å². The number of urea groups is 1. The number of rotatable bonds is 10. The number of carbonyl (C=O) groups excluding carboxylic acids is 1. The topological polar surface area (TPSA) is 78.4 Å². The quantitative estimate of drug-likeness (QED) is 0.539. The monoisotopic (exact) mass is 290 g/mol. The normalized spacial score (nSPS) is 12.2. The molecule has 0 radical (unpaired) electrons. The summed E-state index contributed by atoms with van der Waals surface area (Å²) in [7, 11) is 0. The highest BCUT2D eigenvalue weighted by Crippen LogP contribution is 2.20. The molecule has 0 aromatic heterocycles. The minimum absolute atomic E-state index is 0.144. The van der Waals surface area contributed by atoms with Crippen molar-refractivity contribution in [1.82, 2.24) is 10.6 Å². The van der Waals surface area contributed by atoms with Crippen molar-refractivity contribution in [3.8, 4) is 0 Å². The molecule has 2 amide bonds. The SMILES string of the molecule is CSCCNC(=O)NCCC(CCC(=O)O)C(C)C. The first kappa shape index (κ1) is 18.1. The summed E-state index contributed by atoms with van der Waals surface area (Å²) in [5.41, 5.74) is 0. The summed E-state index contributed by atoms with van der Waals surface area (Å²) < 4.78 is 0. The van der Waals surface area contributed by atoms with Crippen molar-refractivity contribution >= 4 is 23.8 Å². The lowest BCUT2D eigenvalue weighted by atomic mass is 9.88. The van der Waals surface area contributed by atoms with Gasteiger partial charge in [-0.25, -0.2) is 4.79 Å². The highest BCUT2D eigenvalue weighted by molar-refractivity contribution is 7.98. The van der Waals surface area contributed by atoms with E-state index in [9.17, 15) is 9.59 Å². The molecule has 0 rings (SSSR count). The maximum atomic E-state index is 11.4. The standard InChI is InChI=1S/C13H26N2O3S/c1-10(2)11(4-5-12(16)17)6-7-14-13(18)15-8-9-19-3/h10-11H,4-9H2,1-3H3,(H,16,17)(H2,14,15,18). The zero-order valence-electron chi connectivity index (χ0n) is 12.1. The molecule has 0 aliphatic carbocycles. The number of hydrogen-bond acceptors (Lipinski definition) is 3. The highest BCUT2D eigenvalue weighted by Gasteiger charge is 2.15. The molecule has 6 heteroatoms. The predicted octanol–water partition coefficient (Wildman–Crippen LogP) is 2.18. The first-order valence-electron chi connectivity index (χ1n) is 6.69. The molecule has 0 spiro atoms. The smallest absolute Gasteiger partial charge is 0.314 e. The Kier molecular flexibility index (Phi) is 10.4. The number of amides is 2. The molecule has 1 unspecified atom stereocenters. The molecular formula is C13H26N2O3S. The van der Waals surface area contributed by atoms with Crippen molar-refractivity contribution in [3.05, 3.63) is 0 Å². The van der Waals surface area contributed by atoms with Gasteiger partial charge in [0.15, 0.2) is 0 Å².